The first-order chi connectivity index (χ1) is 16.3. The van der Waals surface area contributed by atoms with Gasteiger partial charge < -0.3 is 23.4 Å². The lowest BCUT2D eigenvalue weighted by Crippen LogP contribution is -2.55. The van der Waals surface area contributed by atoms with E-state index in [4.69, 9.17) is 23.4 Å². The smallest absolute Gasteiger partial charge is 0.190 e. The molecule has 0 radical (unpaired) electrons. The number of fused-ring (bicyclic) bond motifs is 1. The van der Waals surface area contributed by atoms with Gasteiger partial charge in [-0.25, -0.2) is 0 Å². The predicted molar refractivity (Wildman–Crippen MR) is 152 cm³/mol. The molecule has 9 heteroatoms. The van der Waals surface area contributed by atoms with E-state index in [1.165, 1.54) is 17.9 Å². The van der Waals surface area contributed by atoms with Gasteiger partial charge in [0.1, 0.15) is 18.3 Å². The first-order valence-corrected chi connectivity index (χ1v) is 21.8. The van der Waals surface area contributed by atoms with Crippen LogP contribution in [0.5, 0.6) is 0 Å². The van der Waals surface area contributed by atoms with Crippen molar-refractivity contribution in [1.29, 1.82) is 0 Å². The SMILES string of the molecule is CC1(C)O[C@H]2O[C@H]([C@@H](CC3([Si](C)(C)C)SCCCS3)O[Si](C)(C)C)[C@H](OCc3ccccc3)[C@H]2O1. The number of ether oxygens (including phenoxy) is 4. The van der Waals surface area contributed by atoms with E-state index in [2.05, 4.69) is 87.1 Å². The molecule has 3 aliphatic rings. The summed E-state index contributed by atoms with van der Waals surface area (Å²) in [5.74, 6) is 1.77. The fourth-order valence-corrected chi connectivity index (χ4v) is 14.0. The molecule has 0 unspecified atom stereocenters. The molecule has 0 aliphatic carbocycles. The second-order valence-corrected chi connectivity index (χ2v) is 25.9. The van der Waals surface area contributed by atoms with E-state index >= 15 is 0 Å². The lowest BCUT2D eigenvalue weighted by atomic mass is 10.0. The summed E-state index contributed by atoms with van der Waals surface area (Å²) in [6.45, 7) is 18.7. The van der Waals surface area contributed by atoms with E-state index in [9.17, 15) is 0 Å². The molecule has 198 valence electrons. The minimum Gasteiger partial charge on any atom is -0.412 e. The minimum atomic E-state index is -1.87. The monoisotopic (exact) mass is 556 g/mol. The summed E-state index contributed by atoms with van der Waals surface area (Å²) in [5.41, 5.74) is 1.15. The standard InChI is InChI=1S/C26H44O5S2Si2/c1-25(2)29-23-22(27-18-19-13-10-9-11-14-19)21(28-24(23)30-25)20(31-35(6,7)8)17-26(34(3,4)5)32-15-12-16-33-26/h9-11,13-14,20-24H,12,15-18H2,1-8H3/t20-,21-,22+,23-,24-/m1/s1. The predicted octanol–water partition coefficient (Wildman–Crippen LogP) is 6.50. The van der Waals surface area contributed by atoms with Crippen LogP contribution in [0.25, 0.3) is 0 Å². The van der Waals surface area contributed by atoms with Crippen molar-refractivity contribution < 1.29 is 23.4 Å². The van der Waals surface area contributed by atoms with Crippen molar-refractivity contribution in [3.05, 3.63) is 35.9 Å². The van der Waals surface area contributed by atoms with Gasteiger partial charge in [-0.1, -0.05) is 50.0 Å². The van der Waals surface area contributed by atoms with Gasteiger partial charge in [-0.2, -0.15) is 0 Å². The summed E-state index contributed by atoms with van der Waals surface area (Å²) >= 11 is 4.33. The second kappa shape index (κ2) is 10.7. The third-order valence-electron chi connectivity index (χ3n) is 6.76. The summed E-state index contributed by atoms with van der Waals surface area (Å²) in [6.07, 6.45) is 1.02. The Morgan fingerprint density at radius 2 is 1.66 bits per heavy atom. The van der Waals surface area contributed by atoms with Crippen molar-refractivity contribution in [3.63, 3.8) is 0 Å². The molecule has 35 heavy (non-hydrogen) atoms. The zero-order valence-corrected chi connectivity index (χ0v) is 26.3. The maximum absolute atomic E-state index is 6.96. The van der Waals surface area contributed by atoms with Crippen molar-refractivity contribution in [2.24, 2.45) is 0 Å². The Balaban J connectivity index is 1.63. The van der Waals surface area contributed by atoms with Gasteiger partial charge >= 0.3 is 0 Å². The molecule has 4 rings (SSSR count). The number of hydrogen-bond acceptors (Lipinski definition) is 7. The highest BCUT2D eigenvalue weighted by molar-refractivity contribution is 8.21. The summed E-state index contributed by atoms with van der Waals surface area (Å²) < 4.78 is 33.0. The highest BCUT2D eigenvalue weighted by Gasteiger charge is 2.59. The van der Waals surface area contributed by atoms with E-state index in [0.717, 1.165) is 12.0 Å². The van der Waals surface area contributed by atoms with Crippen LogP contribution in [0.3, 0.4) is 0 Å². The van der Waals surface area contributed by atoms with Gasteiger partial charge in [-0.05, 0) is 63.4 Å². The summed E-state index contributed by atoms with van der Waals surface area (Å²) in [7, 11) is -3.40. The fourth-order valence-electron chi connectivity index (χ4n) is 5.14. The van der Waals surface area contributed by atoms with Crippen LogP contribution in [0.2, 0.25) is 39.3 Å². The Bertz CT molecular complexity index is 836. The summed E-state index contributed by atoms with van der Waals surface area (Å²) in [5, 5.41) is 0. The first kappa shape index (κ1) is 28.2. The van der Waals surface area contributed by atoms with E-state index in [1.807, 2.05) is 19.9 Å². The Morgan fingerprint density at radius 1 is 1.00 bits per heavy atom. The Labute approximate surface area is 222 Å². The van der Waals surface area contributed by atoms with Crippen LogP contribution >= 0.6 is 23.5 Å². The van der Waals surface area contributed by atoms with E-state index < -0.39 is 28.5 Å². The average Bonchev–Trinajstić information content (AvgIpc) is 3.23. The molecule has 5 atom stereocenters. The summed E-state index contributed by atoms with van der Waals surface area (Å²) in [4.78, 5) is 0. The van der Waals surface area contributed by atoms with Crippen molar-refractivity contribution >= 4 is 39.9 Å². The molecule has 0 bridgehead atoms. The highest BCUT2D eigenvalue weighted by Crippen LogP contribution is 2.53. The lowest BCUT2D eigenvalue weighted by molar-refractivity contribution is -0.229. The summed E-state index contributed by atoms with van der Waals surface area (Å²) in [6, 6.07) is 10.3. The van der Waals surface area contributed by atoms with Gasteiger partial charge in [0.25, 0.3) is 0 Å². The van der Waals surface area contributed by atoms with Crippen LogP contribution in [-0.2, 0) is 30.0 Å². The third kappa shape index (κ3) is 6.78. The molecular weight excluding hydrogens is 513 g/mol. The van der Waals surface area contributed by atoms with Gasteiger partial charge in [-0.3, -0.25) is 0 Å². The van der Waals surface area contributed by atoms with Crippen LogP contribution in [0, 0.1) is 0 Å². The maximum atomic E-state index is 6.96. The average molecular weight is 557 g/mol. The molecule has 1 aromatic rings. The van der Waals surface area contributed by atoms with Gasteiger partial charge in [0.2, 0.25) is 0 Å². The molecule has 0 spiro atoms. The van der Waals surface area contributed by atoms with Gasteiger partial charge in [0.15, 0.2) is 20.4 Å². The molecule has 0 N–H and O–H groups in total. The van der Waals surface area contributed by atoms with Crippen LogP contribution in [-0.4, -0.2) is 68.1 Å². The Morgan fingerprint density at radius 3 is 2.26 bits per heavy atom. The van der Waals surface area contributed by atoms with Gasteiger partial charge in [0.05, 0.1) is 24.5 Å². The molecule has 0 aromatic heterocycles. The van der Waals surface area contributed by atoms with E-state index in [0.29, 0.717) is 6.61 Å². The second-order valence-electron chi connectivity index (χ2n) is 12.4. The highest BCUT2D eigenvalue weighted by atomic mass is 32.2. The van der Waals surface area contributed by atoms with Crippen molar-refractivity contribution in [2.75, 3.05) is 11.5 Å². The number of thioether (sulfide) groups is 2. The quantitative estimate of drug-likeness (QED) is 0.322. The van der Waals surface area contributed by atoms with E-state index in [-0.39, 0.29) is 28.1 Å². The van der Waals surface area contributed by atoms with Gasteiger partial charge in [0, 0.05) is 0 Å². The minimum absolute atomic E-state index is 0.0619. The van der Waals surface area contributed by atoms with Crippen LogP contribution in [0.1, 0.15) is 32.3 Å². The molecule has 3 saturated heterocycles. The van der Waals surface area contributed by atoms with Crippen molar-refractivity contribution in [1.82, 2.24) is 0 Å². The molecule has 0 saturated carbocycles. The third-order valence-corrected chi connectivity index (χ3v) is 17.8. The van der Waals surface area contributed by atoms with Crippen LogP contribution < -0.4 is 0 Å². The van der Waals surface area contributed by atoms with Crippen LogP contribution in [0.4, 0.5) is 0 Å². The fraction of sp³-hybridized carbons (Fsp3) is 0.769. The number of rotatable bonds is 9. The molecule has 3 aliphatic heterocycles. The molecular formula is C26H44O5S2Si2. The van der Waals surface area contributed by atoms with Crippen molar-refractivity contribution in [3.8, 4) is 0 Å². The van der Waals surface area contributed by atoms with Gasteiger partial charge in [-0.15, -0.1) is 23.5 Å². The first-order valence-electron chi connectivity index (χ1n) is 12.9. The molecule has 5 nitrogen and oxygen atoms in total. The molecule has 0 amide bonds. The molecule has 3 fully saturated rings. The Hall–Kier alpha value is 0.154. The van der Waals surface area contributed by atoms with Crippen molar-refractivity contribution in [2.45, 2.75) is 113 Å². The largest absolute Gasteiger partial charge is 0.412 e. The number of hydrogen-bond donors (Lipinski definition) is 0. The molecule has 1 aromatic carbocycles. The topological polar surface area (TPSA) is 46.2 Å². The Kier molecular flexibility index (Phi) is 8.63. The zero-order chi connectivity index (χ0) is 25.5. The van der Waals surface area contributed by atoms with Crippen LogP contribution in [0.15, 0.2) is 30.3 Å². The normalized spacial score (nSPS) is 31.3. The maximum Gasteiger partial charge on any atom is 0.190 e. The number of benzene rings is 1. The van der Waals surface area contributed by atoms with E-state index in [1.54, 1.807) is 0 Å². The lowest BCUT2D eigenvalue weighted by Gasteiger charge is -2.48. The zero-order valence-electron chi connectivity index (χ0n) is 22.7. The molecule has 3 heterocycles.